The maximum absolute atomic E-state index is 14.8. The average molecular weight is 1890 g/mol. The van der Waals surface area contributed by atoms with Crippen molar-refractivity contribution in [1.29, 1.82) is 0 Å². The maximum atomic E-state index is 14.8. The molecular weight excluding hydrogens is 1750 g/mol. The number of aliphatic carboxylic acids is 2. The number of carboxylic acid groups (broad SMARTS) is 2. The number of esters is 2. The van der Waals surface area contributed by atoms with Crippen molar-refractivity contribution >= 4 is 92.3 Å². The van der Waals surface area contributed by atoms with Gasteiger partial charge in [0.1, 0.15) is 60.4 Å². The third-order valence-electron chi connectivity index (χ3n) is 28.7. The van der Waals surface area contributed by atoms with E-state index in [0.717, 1.165) is 196 Å². The Kier molecular flexibility index (Phi) is 35.0. The first kappa shape index (κ1) is 101. The Hall–Kier alpha value is -7.47. The number of benzene rings is 2. The standard InChI is InChI=1S/C48H64N6O9.C27H39NO7.C21H26ClN5O2.C4H9O.K/c1-30(2)49-43-12-13-54(51-43)44-26-42(38-11-10-35(24-39(38)50-44)61-19-16-52-14-17-60-18-15-52)62-37-25-40-41(55)28-48(47(58)59)27-34(48)9-7-5-3-4-6-8-31(46(57)53(40)29-37)23-45(56)63-36-21-32-20-33(32)22-36;29-20-12-22-23(30)14-27(26(33)34)13-19(27)7-5-3-1-2-4-6-16(25(32)28(22)15-20)11-24(31)35-21-9-17-8-18(17)10-21;1-15(2)23-20-5-6-27(25-20)21-14-18(22)17-4-3-16(13-19(17)24-21)29-12-9-26-7-10-28-11-8-26;1-4(2,3)5;/h10-13,24,26,30-34,36-37,40H,3-9,14-23,25,27-29H2,1-2H3,(H,49,51)(H,58,59);16-22,29H,1-15H2,(H,33,34);3-6,13-15H,7-12H2,1-2H3,(H,23,25);1-3H3;/q;;;-1;+1/t31-,32-,33+,34-,36?,37-,40+,48-;16-,17-,18+,19-,20-,21?,22+,27-;;;/m11.../s1. The molecule has 133 heavy (non-hydrogen) atoms. The van der Waals surface area contributed by atoms with Crippen LogP contribution in [0.5, 0.6) is 17.2 Å². The minimum Gasteiger partial charge on any atom is -0.850 e. The van der Waals surface area contributed by atoms with Crippen molar-refractivity contribution in [2.45, 2.75) is 282 Å². The average Bonchev–Trinajstić information content (AvgIpc) is 1.58. The van der Waals surface area contributed by atoms with E-state index in [1.807, 2.05) is 86.9 Å². The third-order valence-corrected chi connectivity index (χ3v) is 29.0. The van der Waals surface area contributed by atoms with Crippen molar-refractivity contribution in [2.24, 2.45) is 58.2 Å². The zero-order valence-corrected chi connectivity index (χ0v) is 83.0. The minimum absolute atomic E-state index is 0. The van der Waals surface area contributed by atoms with Crippen molar-refractivity contribution in [3.8, 4) is 28.9 Å². The molecule has 2 amide bonds. The number of carbonyl (C=O) groups is 8. The Morgan fingerprint density at radius 2 is 0.955 bits per heavy atom. The van der Waals surface area contributed by atoms with Gasteiger partial charge < -0.3 is 74.0 Å². The quantitative estimate of drug-likeness (QED) is 0.0278. The number of aliphatic hydroxyl groups is 1. The molecule has 4 aromatic heterocycles. The Balaban J connectivity index is 0.000000170. The van der Waals surface area contributed by atoms with Crippen LogP contribution in [-0.2, 0) is 57.3 Å². The molecule has 2 aromatic carbocycles. The van der Waals surface area contributed by atoms with Crippen molar-refractivity contribution in [1.82, 2.24) is 49.1 Å². The molecular formula is C100H138ClKN12O19. The molecule has 12 fully saturated rings. The summed E-state index contributed by atoms with van der Waals surface area (Å²) < 4.78 is 45.0. The van der Waals surface area contributed by atoms with Gasteiger partial charge in [0, 0.05) is 155 Å². The van der Waals surface area contributed by atoms with Crippen LogP contribution in [0.2, 0.25) is 5.02 Å². The van der Waals surface area contributed by atoms with Crippen LogP contribution in [0, 0.1) is 58.2 Å². The first-order chi connectivity index (χ1) is 63.4. The number of anilines is 2. The smallest absolute Gasteiger partial charge is 0.850 e. The number of carbonyl (C=O) groups excluding carboxylic acids is 6. The fraction of sp³-hybridized carbons (Fsp3) is 0.680. The van der Waals surface area contributed by atoms with Crippen LogP contribution in [0.1, 0.15) is 228 Å². The molecule has 31 nitrogen and oxygen atoms in total. The summed E-state index contributed by atoms with van der Waals surface area (Å²) in [6.07, 6.45) is 21.2. The zero-order chi connectivity index (χ0) is 93.1. The van der Waals surface area contributed by atoms with Gasteiger partial charge >= 0.3 is 75.3 Å². The predicted molar refractivity (Wildman–Crippen MR) is 494 cm³/mol. The van der Waals surface area contributed by atoms with Gasteiger partial charge in [0.25, 0.3) is 0 Å². The van der Waals surface area contributed by atoms with Gasteiger partial charge in [0.2, 0.25) is 11.8 Å². The Morgan fingerprint density at radius 3 is 1.41 bits per heavy atom. The van der Waals surface area contributed by atoms with Crippen molar-refractivity contribution in [3.05, 3.63) is 78.1 Å². The Labute approximate surface area is 828 Å². The van der Waals surface area contributed by atoms with Crippen LogP contribution in [0.3, 0.4) is 0 Å². The largest absolute Gasteiger partial charge is 1.00 e. The molecule has 6 saturated carbocycles. The number of ether oxygens (including phenoxy) is 7. The number of nitrogens with zero attached hydrogens (tertiary/aromatic N) is 10. The molecule has 6 aliphatic heterocycles. The maximum Gasteiger partial charge on any atom is 1.00 e. The molecule has 0 bridgehead atoms. The summed E-state index contributed by atoms with van der Waals surface area (Å²) in [6.45, 7) is 22.8. The first-order valence-electron chi connectivity index (χ1n) is 49.0. The van der Waals surface area contributed by atoms with Gasteiger partial charge in [-0.05, 0) is 165 Å². The van der Waals surface area contributed by atoms with Crippen LogP contribution >= 0.6 is 11.6 Å². The molecule has 2 unspecified atom stereocenters. The van der Waals surface area contributed by atoms with E-state index < -0.39 is 64.5 Å². The van der Waals surface area contributed by atoms with E-state index in [9.17, 15) is 58.8 Å². The van der Waals surface area contributed by atoms with Gasteiger partial charge in [-0.1, -0.05) is 96.6 Å². The van der Waals surface area contributed by atoms with Gasteiger partial charge in [-0.2, -0.15) is 0 Å². The Morgan fingerprint density at radius 1 is 0.541 bits per heavy atom. The number of halogens is 1. The fourth-order valence-electron chi connectivity index (χ4n) is 21.3. The van der Waals surface area contributed by atoms with Crippen LogP contribution < -0.4 is 81.3 Å². The van der Waals surface area contributed by atoms with E-state index in [2.05, 4.69) is 39.4 Å². The number of aromatic nitrogens is 6. The number of ketones is 2. The number of morpholine rings is 2. The minimum atomic E-state index is -1.11. The van der Waals surface area contributed by atoms with Gasteiger partial charge in [-0.25, -0.2) is 19.3 Å². The van der Waals surface area contributed by atoms with Crippen molar-refractivity contribution < 1.29 is 143 Å². The number of aliphatic hydroxyl groups excluding tert-OH is 1. The summed E-state index contributed by atoms with van der Waals surface area (Å²) in [5.41, 5.74) is -1.47. The summed E-state index contributed by atoms with van der Waals surface area (Å²) in [4.78, 5) is 125. The Bertz CT molecular complexity index is 4990. The van der Waals surface area contributed by atoms with Gasteiger partial charge in [-0.15, -0.1) is 15.8 Å². The zero-order valence-electron chi connectivity index (χ0n) is 79.1. The molecule has 16 atom stereocenters. The molecule has 720 valence electrons. The number of Topliss-reactive ketones (excluding diaryl/α,β-unsaturated/α-hetero) is 2. The van der Waals surface area contributed by atoms with Crippen LogP contribution in [-0.4, -0.2) is 258 Å². The molecule has 6 aromatic rings. The monoisotopic (exact) mass is 1880 g/mol. The second kappa shape index (κ2) is 45.9. The summed E-state index contributed by atoms with van der Waals surface area (Å²) in [6, 6.07) is 17.8. The number of pyridine rings is 2. The number of hydrogen-bond donors (Lipinski definition) is 5. The van der Waals surface area contributed by atoms with E-state index in [1.165, 1.54) is 17.7 Å². The molecule has 0 spiro atoms. The molecule has 18 rings (SSSR count). The summed E-state index contributed by atoms with van der Waals surface area (Å²) in [5, 5.41) is 59.0. The summed E-state index contributed by atoms with van der Waals surface area (Å²) in [5.74, 6) is 2.42. The first-order valence-corrected chi connectivity index (χ1v) is 49.4. The van der Waals surface area contributed by atoms with Gasteiger partial charge in [-0.3, -0.25) is 48.2 Å². The normalized spacial score (nSPS) is 29.1. The number of fused-ring (bicyclic) bond motifs is 8. The molecule has 10 heterocycles. The van der Waals surface area contributed by atoms with E-state index in [4.69, 9.17) is 59.8 Å². The fourth-order valence-corrected chi connectivity index (χ4v) is 21.5. The van der Waals surface area contributed by atoms with E-state index >= 15 is 0 Å². The number of hydrogen-bond acceptors (Lipinski definition) is 25. The number of rotatable bonds is 24. The summed E-state index contributed by atoms with van der Waals surface area (Å²) >= 11 is 6.51. The molecule has 5 N–H and O–H groups in total. The number of nitrogens with one attached hydrogen (secondary N) is 2. The molecule has 33 heteroatoms. The molecule has 6 saturated heterocycles. The van der Waals surface area contributed by atoms with E-state index in [-0.39, 0.29) is 168 Å². The van der Waals surface area contributed by atoms with Crippen LogP contribution in [0.25, 0.3) is 33.4 Å². The molecule has 6 aliphatic carbocycles. The summed E-state index contributed by atoms with van der Waals surface area (Å²) in [7, 11) is 0. The van der Waals surface area contributed by atoms with Gasteiger partial charge in [0.15, 0.2) is 23.2 Å². The topological polar surface area (TPSA) is 383 Å². The number of amides is 2. The van der Waals surface area contributed by atoms with E-state index in [0.29, 0.717) is 108 Å². The second-order valence-corrected chi connectivity index (χ2v) is 41.4. The van der Waals surface area contributed by atoms with Crippen molar-refractivity contribution in [3.63, 3.8) is 0 Å². The molecule has 12 aliphatic rings. The molecule has 0 radical (unpaired) electrons. The van der Waals surface area contributed by atoms with E-state index in [1.54, 1.807) is 35.0 Å². The van der Waals surface area contributed by atoms with Crippen LogP contribution in [0.15, 0.2) is 73.1 Å². The van der Waals surface area contributed by atoms with Crippen molar-refractivity contribution in [2.75, 3.05) is 103 Å². The van der Waals surface area contributed by atoms with Crippen LogP contribution in [0.4, 0.5) is 11.6 Å². The second-order valence-electron chi connectivity index (χ2n) is 41.0. The number of carboxylic acids is 2. The predicted octanol–water partition coefficient (Wildman–Crippen LogP) is 10.3. The SMILES string of the molecule is CC(C)(C)[O-].CC(C)Nc1ccn(-c2cc(Cl)c3ccc(OCCN4CCOCC4)cc3n2)n1.CC(C)Nc1ccn(-c2cc(O[C@@H]3C[C@H]4C(=O)C[C@]5(C(=O)O)C[C@H]5CCCCCCC[C@H](CC(=O)OC5C[C@@H]6C[C@@H]6C5)C(=O)N4C3)c3ccc(OCCN4CCOCC4)cc3n2)n1.O=C(C[C@H]1CCCCCCC[C@@H]2C[C@@]2(C(=O)O)CC(=O)[C@@H]2C[C@@H](O)CN2C1=O)OC1C[C@@H]2C[C@@H]2C1.[K+]. The van der Waals surface area contributed by atoms with Gasteiger partial charge in [0.05, 0.1) is 90.9 Å². The third kappa shape index (κ3) is 27.5.